The maximum Gasteiger partial charge on any atom is 0.246 e. The van der Waals surface area contributed by atoms with E-state index in [4.69, 9.17) is 0 Å². The summed E-state index contributed by atoms with van der Waals surface area (Å²) in [6.07, 6.45) is 4.81. The van der Waals surface area contributed by atoms with Gasteiger partial charge in [-0.1, -0.05) is 13.8 Å². The van der Waals surface area contributed by atoms with Crippen molar-refractivity contribution in [2.45, 2.75) is 51.1 Å². The van der Waals surface area contributed by atoms with Crippen LogP contribution in [0, 0.1) is 5.92 Å². The summed E-state index contributed by atoms with van der Waals surface area (Å²) in [5.74, 6) is 0.460. The zero-order valence-electron chi connectivity index (χ0n) is 13.7. The fourth-order valence-corrected chi connectivity index (χ4v) is 3.58. The Labute approximate surface area is 128 Å². The Morgan fingerprint density at radius 3 is 2.62 bits per heavy atom. The highest BCUT2D eigenvalue weighted by molar-refractivity contribution is 7.89. The Balaban J connectivity index is 2.78. The fourth-order valence-electron chi connectivity index (χ4n) is 2.25. The van der Waals surface area contributed by atoms with Crippen molar-refractivity contribution in [2.24, 2.45) is 5.92 Å². The average Bonchev–Trinajstić information content (AvgIpc) is 2.86. The summed E-state index contributed by atoms with van der Waals surface area (Å²) in [6.45, 7) is 7.72. The van der Waals surface area contributed by atoms with Crippen molar-refractivity contribution in [3.05, 3.63) is 12.4 Å². The molecule has 1 atom stereocenters. The summed E-state index contributed by atoms with van der Waals surface area (Å²) in [5.41, 5.74) is 0. The van der Waals surface area contributed by atoms with Crippen LogP contribution in [0.3, 0.4) is 0 Å². The van der Waals surface area contributed by atoms with Crippen molar-refractivity contribution in [3.8, 4) is 0 Å². The van der Waals surface area contributed by atoms with Crippen molar-refractivity contribution in [2.75, 3.05) is 20.6 Å². The maximum absolute atomic E-state index is 12.6. The van der Waals surface area contributed by atoms with Crippen molar-refractivity contribution >= 4 is 10.0 Å². The zero-order chi connectivity index (χ0) is 16.0. The molecule has 1 N–H and O–H groups in total. The molecule has 1 rings (SSSR count). The molecule has 0 aliphatic rings. The number of nitrogens with one attached hydrogen (secondary N) is 1. The predicted molar refractivity (Wildman–Crippen MR) is 84.6 cm³/mol. The van der Waals surface area contributed by atoms with Crippen LogP contribution in [0.4, 0.5) is 0 Å². The molecule has 0 aliphatic carbocycles. The molecular formula is C14H28N4O2S. The third-order valence-corrected chi connectivity index (χ3v) is 5.46. The quantitative estimate of drug-likeness (QED) is 0.702. The topological polar surface area (TPSA) is 67.2 Å². The average molecular weight is 316 g/mol. The van der Waals surface area contributed by atoms with Crippen LogP contribution >= 0.6 is 0 Å². The van der Waals surface area contributed by atoms with E-state index in [2.05, 4.69) is 24.3 Å². The molecule has 1 aromatic heterocycles. The highest BCUT2D eigenvalue weighted by atomic mass is 32.2. The lowest BCUT2D eigenvalue weighted by atomic mass is 10.1. The normalized spacial score (nSPS) is 14.0. The van der Waals surface area contributed by atoms with Crippen molar-refractivity contribution < 1.29 is 8.42 Å². The smallest absolute Gasteiger partial charge is 0.246 e. The van der Waals surface area contributed by atoms with Crippen LogP contribution in [0.2, 0.25) is 0 Å². The molecule has 0 fully saturated rings. The van der Waals surface area contributed by atoms with Crippen LogP contribution in [-0.2, 0) is 16.6 Å². The molecule has 1 heterocycles. The van der Waals surface area contributed by atoms with Crippen LogP contribution in [0.25, 0.3) is 0 Å². The van der Waals surface area contributed by atoms with Crippen LogP contribution in [0.15, 0.2) is 17.3 Å². The van der Waals surface area contributed by atoms with Gasteiger partial charge in [-0.3, -0.25) is 4.68 Å². The number of nitrogens with zero attached hydrogens (tertiary/aromatic N) is 3. The first-order valence-corrected chi connectivity index (χ1v) is 8.88. The van der Waals surface area contributed by atoms with E-state index in [0.717, 1.165) is 19.4 Å². The Bertz CT molecular complexity index is 525. The van der Waals surface area contributed by atoms with Gasteiger partial charge in [0.2, 0.25) is 10.0 Å². The van der Waals surface area contributed by atoms with Crippen molar-refractivity contribution in [3.63, 3.8) is 0 Å². The van der Waals surface area contributed by atoms with Crippen LogP contribution in [0.5, 0.6) is 0 Å². The van der Waals surface area contributed by atoms with Crippen molar-refractivity contribution in [1.82, 2.24) is 19.4 Å². The van der Waals surface area contributed by atoms with Crippen LogP contribution in [0.1, 0.15) is 33.6 Å². The Morgan fingerprint density at radius 1 is 1.38 bits per heavy atom. The standard InChI is InChI=1S/C14H28N4O2S/c1-12(2)9-13(3)17(5)21(19,20)14-10-16-18(11-14)8-6-7-15-4/h10-13,15H,6-9H2,1-5H3. The lowest BCUT2D eigenvalue weighted by Gasteiger charge is -2.24. The van der Waals surface area contributed by atoms with Gasteiger partial charge >= 0.3 is 0 Å². The van der Waals surface area contributed by atoms with E-state index in [0.29, 0.717) is 12.5 Å². The summed E-state index contributed by atoms with van der Waals surface area (Å²) in [6, 6.07) is -0.0253. The number of sulfonamides is 1. The van der Waals surface area contributed by atoms with E-state index < -0.39 is 10.0 Å². The van der Waals surface area contributed by atoms with Gasteiger partial charge < -0.3 is 5.32 Å². The first-order valence-electron chi connectivity index (χ1n) is 7.44. The molecule has 1 aromatic rings. The summed E-state index contributed by atoms with van der Waals surface area (Å²) in [5, 5.41) is 7.20. The SMILES string of the molecule is CNCCCn1cc(S(=O)(=O)N(C)C(C)CC(C)C)cn1. The second-order valence-corrected chi connectivity index (χ2v) is 7.89. The number of rotatable bonds is 9. The van der Waals surface area contributed by atoms with Gasteiger partial charge in [0, 0.05) is 25.8 Å². The predicted octanol–water partition coefficient (Wildman–Crippen LogP) is 1.55. The molecule has 0 spiro atoms. The van der Waals surface area contributed by atoms with Crippen molar-refractivity contribution in [1.29, 1.82) is 0 Å². The van der Waals surface area contributed by atoms with Crippen LogP contribution < -0.4 is 5.32 Å². The van der Waals surface area contributed by atoms with Gasteiger partial charge in [0.05, 0.1) is 6.20 Å². The third-order valence-electron chi connectivity index (χ3n) is 3.53. The first kappa shape index (κ1) is 18.1. The van der Waals surface area contributed by atoms with Gasteiger partial charge in [-0.2, -0.15) is 9.40 Å². The number of hydrogen-bond donors (Lipinski definition) is 1. The summed E-state index contributed by atoms with van der Waals surface area (Å²) in [7, 11) is 0.0733. The van der Waals surface area contributed by atoms with E-state index in [1.807, 2.05) is 14.0 Å². The molecule has 21 heavy (non-hydrogen) atoms. The molecular weight excluding hydrogens is 288 g/mol. The van der Waals surface area contributed by atoms with Gasteiger partial charge in [0.25, 0.3) is 0 Å². The number of hydrogen-bond acceptors (Lipinski definition) is 4. The Morgan fingerprint density at radius 2 is 2.05 bits per heavy atom. The minimum absolute atomic E-state index is 0.0253. The van der Waals surface area contributed by atoms with Gasteiger partial charge in [-0.05, 0) is 39.3 Å². The lowest BCUT2D eigenvalue weighted by molar-refractivity contribution is 0.338. The molecule has 0 aliphatic heterocycles. The highest BCUT2D eigenvalue weighted by Crippen LogP contribution is 2.19. The summed E-state index contributed by atoms with van der Waals surface area (Å²) in [4.78, 5) is 0.269. The fraction of sp³-hybridized carbons (Fsp3) is 0.786. The minimum Gasteiger partial charge on any atom is -0.320 e. The first-order chi connectivity index (χ1) is 9.78. The van der Waals surface area contributed by atoms with Gasteiger partial charge in [0.1, 0.15) is 4.90 Å². The highest BCUT2D eigenvalue weighted by Gasteiger charge is 2.27. The molecule has 6 nitrogen and oxygen atoms in total. The van der Waals surface area contributed by atoms with Gasteiger partial charge in [-0.25, -0.2) is 8.42 Å². The second-order valence-electron chi connectivity index (χ2n) is 5.90. The monoisotopic (exact) mass is 316 g/mol. The maximum atomic E-state index is 12.6. The molecule has 0 aromatic carbocycles. The number of aryl methyl sites for hydroxylation is 1. The molecule has 0 amide bonds. The summed E-state index contributed by atoms with van der Waals surface area (Å²) < 4.78 is 28.2. The Kier molecular flexibility index (Phi) is 6.83. The molecule has 0 saturated carbocycles. The largest absolute Gasteiger partial charge is 0.320 e. The molecule has 1 unspecified atom stereocenters. The molecule has 0 radical (unpaired) electrons. The number of aromatic nitrogens is 2. The van der Waals surface area contributed by atoms with Gasteiger partial charge in [-0.15, -0.1) is 0 Å². The van der Waals surface area contributed by atoms with Crippen LogP contribution in [-0.4, -0.2) is 49.2 Å². The van der Waals surface area contributed by atoms with E-state index in [1.165, 1.54) is 10.5 Å². The van der Waals surface area contributed by atoms with Gasteiger partial charge in [0.15, 0.2) is 0 Å². The third kappa shape index (κ3) is 5.09. The summed E-state index contributed by atoms with van der Waals surface area (Å²) >= 11 is 0. The molecule has 122 valence electrons. The van der Waals surface area contributed by atoms with E-state index in [9.17, 15) is 8.42 Å². The van der Waals surface area contributed by atoms with E-state index >= 15 is 0 Å². The molecule has 0 saturated heterocycles. The van der Waals surface area contributed by atoms with E-state index in [-0.39, 0.29) is 10.9 Å². The second kappa shape index (κ2) is 7.91. The molecule has 0 bridgehead atoms. The molecule has 7 heteroatoms. The minimum atomic E-state index is -3.46. The lowest BCUT2D eigenvalue weighted by Crippen LogP contribution is -2.35. The van der Waals surface area contributed by atoms with E-state index in [1.54, 1.807) is 17.9 Å². The Hall–Kier alpha value is -0.920. The zero-order valence-corrected chi connectivity index (χ0v) is 14.5.